The molecular weight excluding hydrogens is 162 g/mol. The lowest BCUT2D eigenvalue weighted by atomic mass is 9.87. The van der Waals surface area contributed by atoms with E-state index in [0.29, 0.717) is 0 Å². The van der Waals surface area contributed by atoms with Crippen LogP contribution in [0.1, 0.15) is 26.7 Å². The summed E-state index contributed by atoms with van der Waals surface area (Å²) in [5.41, 5.74) is 0.169. The van der Waals surface area contributed by atoms with Gasteiger partial charge in [0.05, 0.1) is 0 Å². The summed E-state index contributed by atoms with van der Waals surface area (Å²) in [6.45, 7) is 10.8. The van der Waals surface area contributed by atoms with Crippen molar-refractivity contribution in [2.75, 3.05) is 26.8 Å². The lowest BCUT2D eigenvalue weighted by Gasteiger charge is -2.25. The molecule has 0 bridgehead atoms. The first-order chi connectivity index (χ1) is 6.18. The van der Waals surface area contributed by atoms with E-state index in [-0.39, 0.29) is 5.41 Å². The molecule has 2 nitrogen and oxygen atoms in total. The van der Waals surface area contributed by atoms with Crippen molar-refractivity contribution in [3.8, 4) is 0 Å². The highest BCUT2D eigenvalue weighted by molar-refractivity contribution is 4.92. The average molecular weight is 185 g/mol. The van der Waals surface area contributed by atoms with Gasteiger partial charge in [0.1, 0.15) is 0 Å². The summed E-state index contributed by atoms with van der Waals surface area (Å²) in [7, 11) is 1.97. The standard InChI is InChI=1S/C11H23NO/c1-5-8-13-9-7-11(3,6-2)10-12-4/h6,12H,2,5,7-10H2,1,3-4H3. The van der Waals surface area contributed by atoms with E-state index in [1.165, 1.54) is 0 Å². The predicted molar refractivity (Wildman–Crippen MR) is 58.0 cm³/mol. The van der Waals surface area contributed by atoms with Crippen LogP contribution in [0.25, 0.3) is 0 Å². The zero-order valence-electron chi connectivity index (χ0n) is 9.23. The Balaban J connectivity index is 3.63. The van der Waals surface area contributed by atoms with Gasteiger partial charge in [-0.1, -0.05) is 19.9 Å². The third-order valence-corrected chi connectivity index (χ3v) is 2.24. The monoisotopic (exact) mass is 185 g/mol. The molecule has 0 saturated heterocycles. The molecule has 2 heteroatoms. The summed E-state index contributed by atoms with van der Waals surface area (Å²) < 4.78 is 5.45. The van der Waals surface area contributed by atoms with Crippen LogP contribution in [0.4, 0.5) is 0 Å². The van der Waals surface area contributed by atoms with Crippen LogP contribution >= 0.6 is 0 Å². The van der Waals surface area contributed by atoms with E-state index in [2.05, 4.69) is 25.7 Å². The molecule has 1 atom stereocenters. The lowest BCUT2D eigenvalue weighted by Crippen LogP contribution is -2.29. The molecule has 0 spiro atoms. The van der Waals surface area contributed by atoms with Crippen LogP contribution in [0.3, 0.4) is 0 Å². The number of rotatable bonds is 8. The molecule has 0 aliphatic carbocycles. The van der Waals surface area contributed by atoms with E-state index in [1.807, 2.05) is 13.1 Å². The Morgan fingerprint density at radius 1 is 1.46 bits per heavy atom. The summed E-state index contributed by atoms with van der Waals surface area (Å²) in [4.78, 5) is 0. The van der Waals surface area contributed by atoms with Gasteiger partial charge in [-0.15, -0.1) is 6.58 Å². The first-order valence-corrected chi connectivity index (χ1v) is 5.04. The molecular formula is C11H23NO. The van der Waals surface area contributed by atoms with Gasteiger partial charge in [-0.2, -0.15) is 0 Å². The Morgan fingerprint density at radius 3 is 2.62 bits per heavy atom. The van der Waals surface area contributed by atoms with E-state index in [1.54, 1.807) is 0 Å². The summed E-state index contributed by atoms with van der Waals surface area (Å²) in [5.74, 6) is 0. The van der Waals surface area contributed by atoms with Crippen molar-refractivity contribution in [1.82, 2.24) is 5.32 Å². The van der Waals surface area contributed by atoms with Gasteiger partial charge in [0.2, 0.25) is 0 Å². The fourth-order valence-corrected chi connectivity index (χ4v) is 1.22. The normalized spacial score (nSPS) is 15.3. The molecule has 0 radical (unpaired) electrons. The summed E-state index contributed by atoms with van der Waals surface area (Å²) in [6, 6.07) is 0. The van der Waals surface area contributed by atoms with Gasteiger partial charge >= 0.3 is 0 Å². The second kappa shape index (κ2) is 7.10. The van der Waals surface area contributed by atoms with Crippen molar-refractivity contribution in [2.45, 2.75) is 26.7 Å². The van der Waals surface area contributed by atoms with Crippen LogP contribution < -0.4 is 5.32 Å². The highest BCUT2D eigenvalue weighted by atomic mass is 16.5. The molecule has 0 aromatic rings. The smallest absolute Gasteiger partial charge is 0.0474 e. The van der Waals surface area contributed by atoms with Crippen LogP contribution in [0.15, 0.2) is 12.7 Å². The fourth-order valence-electron chi connectivity index (χ4n) is 1.22. The molecule has 0 aromatic carbocycles. The van der Waals surface area contributed by atoms with E-state index in [9.17, 15) is 0 Å². The second-order valence-corrected chi connectivity index (χ2v) is 3.75. The first-order valence-electron chi connectivity index (χ1n) is 5.04. The molecule has 78 valence electrons. The van der Waals surface area contributed by atoms with Gasteiger partial charge < -0.3 is 10.1 Å². The topological polar surface area (TPSA) is 21.3 Å². The Morgan fingerprint density at radius 2 is 2.15 bits per heavy atom. The number of hydrogen-bond acceptors (Lipinski definition) is 2. The third kappa shape index (κ3) is 5.83. The van der Waals surface area contributed by atoms with Crippen LogP contribution in [0.5, 0.6) is 0 Å². The predicted octanol–water partition coefficient (Wildman–Crippen LogP) is 2.21. The van der Waals surface area contributed by atoms with E-state index in [4.69, 9.17) is 4.74 Å². The quantitative estimate of drug-likeness (QED) is 0.462. The van der Waals surface area contributed by atoms with Crippen molar-refractivity contribution in [2.24, 2.45) is 5.41 Å². The minimum absolute atomic E-state index is 0.169. The van der Waals surface area contributed by atoms with Gasteiger partial charge in [0.15, 0.2) is 0 Å². The molecule has 0 saturated carbocycles. The summed E-state index contributed by atoms with van der Waals surface area (Å²) in [6.07, 6.45) is 4.15. The van der Waals surface area contributed by atoms with Crippen LogP contribution in [0.2, 0.25) is 0 Å². The lowest BCUT2D eigenvalue weighted by molar-refractivity contribution is 0.111. The minimum atomic E-state index is 0.169. The van der Waals surface area contributed by atoms with Crippen LogP contribution in [0, 0.1) is 5.41 Å². The minimum Gasteiger partial charge on any atom is -0.381 e. The van der Waals surface area contributed by atoms with Crippen LogP contribution in [-0.2, 0) is 4.74 Å². The zero-order chi connectivity index (χ0) is 10.2. The molecule has 0 aliphatic rings. The van der Waals surface area contributed by atoms with Crippen molar-refractivity contribution < 1.29 is 4.74 Å². The first kappa shape index (κ1) is 12.7. The molecule has 0 amide bonds. The molecule has 0 aliphatic heterocycles. The van der Waals surface area contributed by atoms with E-state index >= 15 is 0 Å². The average Bonchev–Trinajstić information content (AvgIpc) is 2.13. The molecule has 0 aromatic heterocycles. The maximum absolute atomic E-state index is 5.45. The highest BCUT2D eigenvalue weighted by Gasteiger charge is 2.18. The second-order valence-electron chi connectivity index (χ2n) is 3.75. The van der Waals surface area contributed by atoms with Crippen molar-refractivity contribution in [1.29, 1.82) is 0 Å². The van der Waals surface area contributed by atoms with E-state index in [0.717, 1.165) is 32.6 Å². The maximum atomic E-state index is 5.45. The molecule has 1 unspecified atom stereocenters. The van der Waals surface area contributed by atoms with Crippen molar-refractivity contribution >= 4 is 0 Å². The number of hydrogen-bond donors (Lipinski definition) is 1. The van der Waals surface area contributed by atoms with Crippen molar-refractivity contribution in [3.05, 3.63) is 12.7 Å². The largest absolute Gasteiger partial charge is 0.381 e. The summed E-state index contributed by atoms with van der Waals surface area (Å²) >= 11 is 0. The molecule has 13 heavy (non-hydrogen) atoms. The van der Waals surface area contributed by atoms with Gasteiger partial charge in [0, 0.05) is 19.8 Å². The van der Waals surface area contributed by atoms with Gasteiger partial charge in [-0.3, -0.25) is 0 Å². The third-order valence-electron chi connectivity index (χ3n) is 2.24. The van der Waals surface area contributed by atoms with Crippen LogP contribution in [-0.4, -0.2) is 26.8 Å². The Bertz CT molecular complexity index is 136. The van der Waals surface area contributed by atoms with Gasteiger partial charge in [0.25, 0.3) is 0 Å². The SMILES string of the molecule is C=CC(C)(CCOCCC)CNC. The Hall–Kier alpha value is -0.340. The molecule has 0 fully saturated rings. The molecule has 0 heterocycles. The molecule has 0 rings (SSSR count). The fraction of sp³-hybridized carbons (Fsp3) is 0.818. The maximum Gasteiger partial charge on any atom is 0.0474 e. The van der Waals surface area contributed by atoms with Crippen molar-refractivity contribution in [3.63, 3.8) is 0 Å². The number of ether oxygens (including phenoxy) is 1. The molecule has 1 N–H and O–H groups in total. The summed E-state index contributed by atoms with van der Waals surface area (Å²) in [5, 5.41) is 3.17. The zero-order valence-corrected chi connectivity index (χ0v) is 9.23. The van der Waals surface area contributed by atoms with Gasteiger partial charge in [-0.25, -0.2) is 0 Å². The number of nitrogens with one attached hydrogen (secondary N) is 1. The van der Waals surface area contributed by atoms with Gasteiger partial charge in [-0.05, 0) is 25.3 Å². The highest BCUT2D eigenvalue weighted by Crippen LogP contribution is 2.21. The van der Waals surface area contributed by atoms with E-state index < -0.39 is 0 Å². The Kier molecular flexibility index (Phi) is 6.92. The Labute approximate surface area is 82.4 Å².